The molecule has 4 rings (SSSR count). The van der Waals surface area contributed by atoms with Crippen LogP contribution in [-0.2, 0) is 14.8 Å². The highest BCUT2D eigenvalue weighted by Crippen LogP contribution is 2.62. The SMILES string of the molecule is CCN=C(NC1CCN(S(=O)(=O)C(F)(F)F)CC1)NC1C2CCOC2C12CCC2. The second-order valence-electron chi connectivity index (χ2n) is 8.54. The molecule has 0 aromatic heterocycles. The van der Waals surface area contributed by atoms with E-state index in [9.17, 15) is 21.6 Å². The van der Waals surface area contributed by atoms with Gasteiger partial charge in [-0.25, -0.2) is 8.42 Å². The molecule has 11 heteroatoms. The Morgan fingerprint density at radius 3 is 2.45 bits per heavy atom. The van der Waals surface area contributed by atoms with Gasteiger partial charge in [-0.1, -0.05) is 6.42 Å². The van der Waals surface area contributed by atoms with Crippen molar-refractivity contribution < 1.29 is 26.3 Å². The molecule has 0 radical (unpaired) electrons. The summed E-state index contributed by atoms with van der Waals surface area (Å²) >= 11 is 0. The van der Waals surface area contributed by atoms with Crippen LogP contribution in [0.25, 0.3) is 0 Å². The van der Waals surface area contributed by atoms with Crippen molar-refractivity contribution in [1.82, 2.24) is 14.9 Å². The maximum Gasteiger partial charge on any atom is 0.511 e. The van der Waals surface area contributed by atoms with Crippen LogP contribution in [0.2, 0.25) is 0 Å². The van der Waals surface area contributed by atoms with Crippen LogP contribution in [0.15, 0.2) is 4.99 Å². The maximum atomic E-state index is 12.7. The third-order valence-corrected chi connectivity index (χ3v) is 8.70. The number of aliphatic imine (C=N–C) groups is 1. The number of guanidine groups is 1. The third kappa shape index (κ3) is 3.52. The molecule has 3 unspecified atom stereocenters. The molecule has 2 N–H and O–H groups in total. The number of fused-ring (bicyclic) bond motifs is 2. The summed E-state index contributed by atoms with van der Waals surface area (Å²) < 4.78 is 67.9. The molecular formula is C18H29F3N4O3S. The predicted octanol–water partition coefficient (Wildman–Crippen LogP) is 1.81. The number of nitrogens with one attached hydrogen (secondary N) is 2. The van der Waals surface area contributed by atoms with Gasteiger partial charge in [0.1, 0.15) is 0 Å². The summed E-state index contributed by atoms with van der Waals surface area (Å²) in [6.07, 6.45) is 5.52. The summed E-state index contributed by atoms with van der Waals surface area (Å²) in [7, 11) is -5.25. The van der Waals surface area contributed by atoms with Gasteiger partial charge in [-0.15, -0.1) is 0 Å². The minimum absolute atomic E-state index is 0.111. The van der Waals surface area contributed by atoms with Crippen LogP contribution < -0.4 is 10.6 Å². The van der Waals surface area contributed by atoms with Crippen molar-refractivity contribution in [3.05, 3.63) is 0 Å². The van der Waals surface area contributed by atoms with Crippen molar-refractivity contribution in [2.75, 3.05) is 26.2 Å². The Hall–Kier alpha value is -1.07. The summed E-state index contributed by atoms with van der Waals surface area (Å²) in [5, 5.41) is 6.91. The number of rotatable bonds is 4. The fourth-order valence-electron chi connectivity index (χ4n) is 5.47. The number of ether oxygens (including phenoxy) is 1. The lowest BCUT2D eigenvalue weighted by Crippen LogP contribution is -2.72. The highest BCUT2D eigenvalue weighted by molar-refractivity contribution is 7.90. The first-order valence-electron chi connectivity index (χ1n) is 10.4. The Bertz CT molecular complexity index is 746. The van der Waals surface area contributed by atoms with Crippen LogP contribution in [0.1, 0.15) is 45.4 Å². The Morgan fingerprint density at radius 2 is 1.90 bits per heavy atom. The molecule has 0 aromatic rings. The normalized spacial score (nSPS) is 33.1. The van der Waals surface area contributed by atoms with E-state index in [1.54, 1.807) is 0 Å². The van der Waals surface area contributed by atoms with E-state index in [2.05, 4.69) is 15.6 Å². The largest absolute Gasteiger partial charge is 0.511 e. The predicted molar refractivity (Wildman–Crippen MR) is 102 cm³/mol. The number of hydrogen-bond donors (Lipinski definition) is 2. The first kappa shape index (κ1) is 21.2. The van der Waals surface area contributed by atoms with Crippen LogP contribution in [0.5, 0.6) is 0 Å². The third-order valence-electron chi connectivity index (χ3n) is 7.07. The van der Waals surface area contributed by atoms with Crippen molar-refractivity contribution in [3.63, 3.8) is 0 Å². The minimum Gasteiger partial charge on any atom is -0.377 e. The van der Waals surface area contributed by atoms with Gasteiger partial charge in [-0.2, -0.15) is 17.5 Å². The van der Waals surface area contributed by atoms with E-state index in [-0.39, 0.29) is 24.5 Å². The highest BCUT2D eigenvalue weighted by atomic mass is 32.2. The van der Waals surface area contributed by atoms with Crippen LogP contribution in [-0.4, -0.2) is 68.6 Å². The Balaban J connectivity index is 1.35. The standard InChI is InChI=1S/C18H29F3N4O3S/c1-2-22-16(24-14-13-6-11-28-15(13)17(14)7-3-8-17)23-12-4-9-25(10-5-12)29(26,27)18(19,20)21/h12-15H,2-11H2,1H3,(H2,22,23,24). The van der Waals surface area contributed by atoms with Crippen molar-refractivity contribution in [2.45, 2.75) is 69.1 Å². The number of alkyl halides is 3. The highest BCUT2D eigenvalue weighted by Gasteiger charge is 2.66. The van der Waals surface area contributed by atoms with Crippen molar-refractivity contribution in [2.24, 2.45) is 16.3 Å². The lowest BCUT2D eigenvalue weighted by molar-refractivity contribution is -0.171. The zero-order valence-corrected chi connectivity index (χ0v) is 17.4. The number of hydrogen-bond acceptors (Lipinski definition) is 4. The molecule has 4 aliphatic rings. The average Bonchev–Trinajstić information content (AvgIpc) is 3.03. The molecular weight excluding hydrogens is 409 g/mol. The second kappa shape index (κ2) is 7.56. The molecule has 3 atom stereocenters. The number of sulfonamides is 1. The number of piperidine rings is 1. The molecule has 7 nitrogen and oxygen atoms in total. The van der Waals surface area contributed by atoms with E-state index in [0.717, 1.165) is 25.9 Å². The molecule has 0 amide bonds. The molecule has 2 saturated heterocycles. The fourth-order valence-corrected chi connectivity index (χ4v) is 6.46. The summed E-state index contributed by atoms with van der Waals surface area (Å²) in [5.74, 6) is 1.16. The molecule has 0 bridgehead atoms. The number of nitrogens with zero attached hydrogens (tertiary/aromatic N) is 2. The molecule has 29 heavy (non-hydrogen) atoms. The molecule has 4 fully saturated rings. The summed E-state index contributed by atoms with van der Waals surface area (Å²) in [4.78, 5) is 4.53. The lowest BCUT2D eigenvalue weighted by Gasteiger charge is -2.63. The van der Waals surface area contributed by atoms with E-state index < -0.39 is 15.5 Å². The van der Waals surface area contributed by atoms with Crippen molar-refractivity contribution >= 4 is 16.0 Å². The average molecular weight is 439 g/mol. The minimum atomic E-state index is -5.25. The van der Waals surface area contributed by atoms with Gasteiger partial charge in [0.05, 0.1) is 6.10 Å². The molecule has 0 aromatic carbocycles. The van der Waals surface area contributed by atoms with Gasteiger partial charge in [0.25, 0.3) is 0 Å². The second-order valence-corrected chi connectivity index (χ2v) is 10.5. The zero-order valence-electron chi connectivity index (χ0n) is 16.5. The van der Waals surface area contributed by atoms with E-state index in [1.807, 2.05) is 6.92 Å². The smallest absolute Gasteiger partial charge is 0.377 e. The fraction of sp³-hybridized carbons (Fsp3) is 0.944. The van der Waals surface area contributed by atoms with Crippen molar-refractivity contribution in [3.8, 4) is 0 Å². The Morgan fingerprint density at radius 1 is 1.21 bits per heavy atom. The van der Waals surface area contributed by atoms with Crippen LogP contribution >= 0.6 is 0 Å². The van der Waals surface area contributed by atoms with E-state index >= 15 is 0 Å². The first-order chi connectivity index (χ1) is 13.7. The van der Waals surface area contributed by atoms with Gasteiger partial charge in [0.2, 0.25) is 0 Å². The molecule has 1 spiro atoms. The first-order valence-corrected chi connectivity index (χ1v) is 11.9. The van der Waals surface area contributed by atoms with Crippen molar-refractivity contribution in [1.29, 1.82) is 0 Å². The lowest BCUT2D eigenvalue weighted by atomic mass is 9.46. The molecule has 2 heterocycles. The molecule has 2 aliphatic carbocycles. The van der Waals surface area contributed by atoms with Gasteiger partial charge in [-0.05, 0) is 39.0 Å². The molecule has 2 aliphatic heterocycles. The van der Waals surface area contributed by atoms with Crippen LogP contribution in [0.3, 0.4) is 0 Å². The molecule has 166 valence electrons. The van der Waals surface area contributed by atoms with Gasteiger partial charge < -0.3 is 15.4 Å². The van der Waals surface area contributed by atoms with Crippen LogP contribution in [0, 0.1) is 11.3 Å². The Kier molecular flexibility index (Phi) is 5.52. The van der Waals surface area contributed by atoms with Gasteiger partial charge in [0, 0.05) is 49.7 Å². The van der Waals surface area contributed by atoms with Crippen LogP contribution in [0.4, 0.5) is 13.2 Å². The van der Waals surface area contributed by atoms with Gasteiger partial charge in [0.15, 0.2) is 5.96 Å². The maximum absolute atomic E-state index is 12.7. The summed E-state index contributed by atoms with van der Waals surface area (Å²) in [6, 6.07) is 0.202. The quantitative estimate of drug-likeness (QED) is 0.517. The monoisotopic (exact) mass is 438 g/mol. The van der Waals surface area contributed by atoms with E-state index in [4.69, 9.17) is 4.74 Å². The zero-order chi connectivity index (χ0) is 20.9. The van der Waals surface area contributed by atoms with E-state index in [1.165, 1.54) is 6.42 Å². The summed E-state index contributed by atoms with van der Waals surface area (Å²) in [5.41, 5.74) is -5.05. The summed E-state index contributed by atoms with van der Waals surface area (Å²) in [6.45, 7) is 3.02. The van der Waals surface area contributed by atoms with Gasteiger partial charge >= 0.3 is 15.5 Å². The Labute approximate surface area is 169 Å². The molecule has 2 saturated carbocycles. The topological polar surface area (TPSA) is 83.0 Å². The van der Waals surface area contributed by atoms with Gasteiger partial charge in [-0.3, -0.25) is 4.99 Å². The number of halogens is 3. The van der Waals surface area contributed by atoms with E-state index in [0.29, 0.717) is 47.7 Å².